The third-order valence-corrected chi connectivity index (χ3v) is 4.61. The molecule has 0 aromatic carbocycles. The lowest BCUT2D eigenvalue weighted by Crippen LogP contribution is -2.20. The van der Waals surface area contributed by atoms with Gasteiger partial charge in [-0.2, -0.15) is 18.3 Å². The van der Waals surface area contributed by atoms with E-state index >= 15 is 0 Å². The van der Waals surface area contributed by atoms with Crippen molar-refractivity contribution < 1.29 is 18.0 Å². The molecule has 0 bridgehead atoms. The Kier molecular flexibility index (Phi) is 3.67. The molecule has 2 aliphatic carbocycles. The van der Waals surface area contributed by atoms with Gasteiger partial charge in [0.15, 0.2) is 5.69 Å². The molecule has 2 unspecified atom stereocenters. The van der Waals surface area contributed by atoms with Crippen LogP contribution in [-0.2, 0) is 11.0 Å². The van der Waals surface area contributed by atoms with Crippen molar-refractivity contribution in [2.45, 2.75) is 44.7 Å². The molecule has 1 aromatic heterocycles. The number of anilines is 1. The van der Waals surface area contributed by atoms with Gasteiger partial charge in [0.25, 0.3) is 0 Å². The molecule has 116 valence electrons. The van der Waals surface area contributed by atoms with Gasteiger partial charge in [0.2, 0.25) is 5.91 Å². The van der Waals surface area contributed by atoms with Gasteiger partial charge in [-0.05, 0) is 18.3 Å². The number of hydrogen-bond acceptors (Lipinski definition) is 2. The molecular weight excluding hydrogens is 283 g/mol. The van der Waals surface area contributed by atoms with E-state index in [1.165, 1.54) is 19.3 Å². The quantitative estimate of drug-likeness (QED) is 0.896. The van der Waals surface area contributed by atoms with Crippen LogP contribution in [-0.4, -0.2) is 16.1 Å². The van der Waals surface area contributed by atoms with E-state index in [9.17, 15) is 18.0 Å². The van der Waals surface area contributed by atoms with Crippen LogP contribution in [0.2, 0.25) is 0 Å². The second-order valence-electron chi connectivity index (χ2n) is 6.05. The van der Waals surface area contributed by atoms with Crippen molar-refractivity contribution in [1.82, 2.24) is 10.2 Å². The summed E-state index contributed by atoms with van der Waals surface area (Å²) in [6, 6.07) is 0. The first kappa shape index (κ1) is 14.4. The molecular formula is C14H18F3N3O. The Morgan fingerprint density at radius 2 is 2.00 bits per heavy atom. The van der Waals surface area contributed by atoms with Gasteiger partial charge in [0, 0.05) is 5.92 Å². The molecule has 2 atom stereocenters. The summed E-state index contributed by atoms with van der Waals surface area (Å²) in [6.07, 6.45) is 3.23. The standard InChI is InChI=1S/C14H18F3N3O/c15-14(16,17)12-11(7-18-20-12)19-13(21)10-6-9(10)8-4-2-1-3-5-8/h7-10H,1-6H2,(H,18,20)(H,19,21). The van der Waals surface area contributed by atoms with Gasteiger partial charge in [-0.15, -0.1) is 0 Å². The lowest BCUT2D eigenvalue weighted by molar-refractivity contribution is -0.140. The number of nitrogens with zero attached hydrogens (tertiary/aromatic N) is 1. The zero-order chi connectivity index (χ0) is 15.0. The molecule has 1 amide bonds. The van der Waals surface area contributed by atoms with Crippen LogP contribution in [0.4, 0.5) is 18.9 Å². The molecule has 2 fully saturated rings. The fraction of sp³-hybridized carbons (Fsp3) is 0.714. The number of hydrogen-bond donors (Lipinski definition) is 2. The molecule has 2 N–H and O–H groups in total. The van der Waals surface area contributed by atoms with E-state index in [4.69, 9.17) is 0 Å². The van der Waals surface area contributed by atoms with Gasteiger partial charge in [0.1, 0.15) is 0 Å². The van der Waals surface area contributed by atoms with Gasteiger partial charge in [-0.25, -0.2) is 0 Å². The zero-order valence-corrected chi connectivity index (χ0v) is 11.5. The molecule has 7 heteroatoms. The Hall–Kier alpha value is -1.53. The van der Waals surface area contributed by atoms with E-state index in [1.807, 2.05) is 5.10 Å². The first-order valence-electron chi connectivity index (χ1n) is 7.38. The van der Waals surface area contributed by atoms with Crippen LogP contribution in [0.3, 0.4) is 0 Å². The summed E-state index contributed by atoms with van der Waals surface area (Å²) < 4.78 is 38.1. The number of amides is 1. The number of rotatable bonds is 3. The number of nitrogens with one attached hydrogen (secondary N) is 2. The first-order chi connectivity index (χ1) is 9.97. The molecule has 3 rings (SSSR count). The molecule has 21 heavy (non-hydrogen) atoms. The normalized spacial score (nSPS) is 26.6. The molecule has 1 aromatic rings. The summed E-state index contributed by atoms with van der Waals surface area (Å²) in [6.45, 7) is 0. The van der Waals surface area contributed by atoms with Crippen molar-refractivity contribution in [3.63, 3.8) is 0 Å². The van der Waals surface area contributed by atoms with Crippen LogP contribution in [0.15, 0.2) is 6.20 Å². The van der Waals surface area contributed by atoms with Gasteiger partial charge in [-0.3, -0.25) is 9.89 Å². The summed E-state index contributed by atoms with van der Waals surface area (Å²) in [5.41, 5.74) is -1.27. The molecule has 2 saturated carbocycles. The van der Waals surface area contributed by atoms with Crippen LogP contribution in [0, 0.1) is 17.8 Å². The highest BCUT2D eigenvalue weighted by Crippen LogP contribution is 2.50. The summed E-state index contributed by atoms with van der Waals surface area (Å²) in [5, 5.41) is 7.64. The average Bonchev–Trinajstić information content (AvgIpc) is 3.11. The summed E-state index contributed by atoms with van der Waals surface area (Å²) in [4.78, 5) is 12.1. The minimum atomic E-state index is -4.54. The summed E-state index contributed by atoms with van der Waals surface area (Å²) >= 11 is 0. The Morgan fingerprint density at radius 3 is 2.67 bits per heavy atom. The maximum atomic E-state index is 12.7. The fourth-order valence-corrected chi connectivity index (χ4v) is 3.42. The highest BCUT2D eigenvalue weighted by atomic mass is 19.4. The molecule has 0 radical (unpaired) electrons. The highest BCUT2D eigenvalue weighted by Gasteiger charge is 2.48. The number of carbonyl (C=O) groups excluding carboxylic acids is 1. The fourth-order valence-electron chi connectivity index (χ4n) is 3.42. The Balaban J connectivity index is 1.59. The first-order valence-corrected chi connectivity index (χ1v) is 7.38. The number of alkyl halides is 3. The third-order valence-electron chi connectivity index (χ3n) is 4.61. The maximum Gasteiger partial charge on any atom is 0.434 e. The second kappa shape index (κ2) is 5.35. The Bertz CT molecular complexity index is 520. The van der Waals surface area contributed by atoms with Crippen LogP contribution in [0.25, 0.3) is 0 Å². The van der Waals surface area contributed by atoms with Crippen molar-refractivity contribution in [3.8, 4) is 0 Å². The van der Waals surface area contributed by atoms with Crippen molar-refractivity contribution in [2.24, 2.45) is 17.8 Å². The van der Waals surface area contributed by atoms with Gasteiger partial charge in [0.05, 0.1) is 11.9 Å². The van der Waals surface area contributed by atoms with E-state index in [1.54, 1.807) is 0 Å². The van der Waals surface area contributed by atoms with Crippen LogP contribution in [0.1, 0.15) is 44.2 Å². The number of halogens is 3. The number of carbonyl (C=O) groups is 1. The van der Waals surface area contributed by atoms with Crippen molar-refractivity contribution in [1.29, 1.82) is 0 Å². The number of H-pyrrole nitrogens is 1. The minimum absolute atomic E-state index is 0.135. The predicted octanol–water partition coefficient (Wildman–Crippen LogP) is 3.58. The van der Waals surface area contributed by atoms with Crippen LogP contribution in [0.5, 0.6) is 0 Å². The summed E-state index contributed by atoms with van der Waals surface area (Å²) in [7, 11) is 0. The average molecular weight is 301 g/mol. The Labute approximate surface area is 120 Å². The van der Waals surface area contributed by atoms with E-state index in [2.05, 4.69) is 10.4 Å². The third kappa shape index (κ3) is 3.06. The van der Waals surface area contributed by atoms with Gasteiger partial charge >= 0.3 is 6.18 Å². The van der Waals surface area contributed by atoms with E-state index < -0.39 is 11.9 Å². The monoisotopic (exact) mass is 301 g/mol. The van der Waals surface area contributed by atoms with Crippen molar-refractivity contribution >= 4 is 11.6 Å². The largest absolute Gasteiger partial charge is 0.434 e. The van der Waals surface area contributed by atoms with E-state index in [0.717, 1.165) is 25.5 Å². The number of aromatic amines is 1. The van der Waals surface area contributed by atoms with Crippen LogP contribution >= 0.6 is 0 Å². The number of aromatic nitrogens is 2. The Morgan fingerprint density at radius 1 is 1.29 bits per heavy atom. The van der Waals surface area contributed by atoms with Crippen molar-refractivity contribution in [3.05, 3.63) is 11.9 Å². The molecule has 0 aliphatic heterocycles. The maximum absolute atomic E-state index is 12.7. The smallest absolute Gasteiger partial charge is 0.323 e. The lowest BCUT2D eigenvalue weighted by Gasteiger charge is -2.21. The van der Waals surface area contributed by atoms with E-state index in [0.29, 0.717) is 11.8 Å². The zero-order valence-electron chi connectivity index (χ0n) is 11.5. The van der Waals surface area contributed by atoms with Gasteiger partial charge < -0.3 is 5.32 Å². The molecule has 0 spiro atoms. The summed E-state index contributed by atoms with van der Waals surface area (Å²) in [5.74, 6) is 0.481. The lowest BCUT2D eigenvalue weighted by atomic mass is 9.85. The van der Waals surface area contributed by atoms with Crippen LogP contribution < -0.4 is 5.32 Å². The topological polar surface area (TPSA) is 57.8 Å². The predicted molar refractivity (Wildman–Crippen MR) is 70.4 cm³/mol. The molecule has 4 nitrogen and oxygen atoms in total. The molecule has 1 heterocycles. The second-order valence-corrected chi connectivity index (χ2v) is 6.05. The van der Waals surface area contributed by atoms with Gasteiger partial charge in [-0.1, -0.05) is 32.1 Å². The SMILES string of the molecule is O=C(Nc1cn[nH]c1C(F)(F)F)C1CC1C1CCCCC1. The molecule has 2 aliphatic rings. The van der Waals surface area contributed by atoms with Crippen molar-refractivity contribution in [2.75, 3.05) is 5.32 Å². The highest BCUT2D eigenvalue weighted by molar-refractivity contribution is 5.94. The molecule has 0 saturated heterocycles. The van der Waals surface area contributed by atoms with E-state index in [-0.39, 0.29) is 17.5 Å². The minimum Gasteiger partial charge on any atom is -0.323 e.